The molecule has 0 saturated heterocycles. The van der Waals surface area contributed by atoms with Crippen molar-refractivity contribution >= 4 is 37.9 Å². The van der Waals surface area contributed by atoms with Gasteiger partial charge in [0.05, 0.1) is 15.7 Å². The second kappa shape index (κ2) is 9.21. The molecular formula is C24H23BrFN3O2S. The fraction of sp³-hybridized carbons (Fsp3) is 0.250. The molecule has 166 valence electrons. The van der Waals surface area contributed by atoms with Gasteiger partial charge in [-0.2, -0.15) is 0 Å². The van der Waals surface area contributed by atoms with Crippen molar-refractivity contribution in [3.8, 4) is 11.3 Å². The quantitative estimate of drug-likeness (QED) is 0.310. The van der Waals surface area contributed by atoms with Crippen LogP contribution in [0.15, 0.2) is 69.8 Å². The van der Waals surface area contributed by atoms with Crippen molar-refractivity contribution in [1.29, 1.82) is 0 Å². The molecule has 0 radical (unpaired) electrons. The molecule has 2 heterocycles. The van der Waals surface area contributed by atoms with Gasteiger partial charge in [0.2, 0.25) is 0 Å². The zero-order chi connectivity index (χ0) is 22.9. The number of pyridine rings is 1. The molecule has 0 spiro atoms. The lowest BCUT2D eigenvalue weighted by Crippen LogP contribution is -2.34. The number of hydrogen-bond donors (Lipinski definition) is 1. The standard InChI is InChI=1S/C24H23BrFN3O2S/c1-24(2,32(27)30)14-15(13-16-7-5-12-21(25)28-16)22-18(9-6-10-19(22)26)23-17-8-3-4-11-20(17)31-29-23/h3-12,15H,13-14,27H2,1-2H3/t15-,32?/m0/s1. The molecule has 2 aromatic carbocycles. The van der Waals surface area contributed by atoms with Crippen LogP contribution in [0.3, 0.4) is 0 Å². The van der Waals surface area contributed by atoms with Gasteiger partial charge in [-0.05, 0) is 78.9 Å². The molecule has 2 aromatic heterocycles. The molecule has 0 amide bonds. The average molecular weight is 516 g/mol. The van der Waals surface area contributed by atoms with E-state index in [1.165, 1.54) is 6.07 Å². The minimum atomic E-state index is -1.59. The third-order valence-electron chi connectivity index (χ3n) is 5.60. The van der Waals surface area contributed by atoms with Crippen LogP contribution in [0.2, 0.25) is 0 Å². The topological polar surface area (TPSA) is 82.0 Å². The SMILES string of the molecule is CC(C)(C[C@H](Cc1cccc(Br)n1)c1c(F)cccc1-c1noc2ccccc12)S(N)=O. The van der Waals surface area contributed by atoms with Crippen molar-refractivity contribution < 1.29 is 13.1 Å². The molecule has 0 aliphatic heterocycles. The maximum absolute atomic E-state index is 15.5. The Morgan fingerprint density at radius 1 is 1.12 bits per heavy atom. The summed E-state index contributed by atoms with van der Waals surface area (Å²) in [6.07, 6.45) is 0.845. The molecule has 4 rings (SSSR count). The van der Waals surface area contributed by atoms with E-state index < -0.39 is 15.7 Å². The normalized spacial score (nSPS) is 13.9. The van der Waals surface area contributed by atoms with E-state index in [0.717, 1.165) is 11.1 Å². The van der Waals surface area contributed by atoms with E-state index in [1.807, 2.05) is 62.4 Å². The minimum Gasteiger partial charge on any atom is -0.356 e. The summed E-state index contributed by atoms with van der Waals surface area (Å²) >= 11 is 3.40. The van der Waals surface area contributed by atoms with Crippen molar-refractivity contribution in [1.82, 2.24) is 10.1 Å². The number of aromatic nitrogens is 2. The Hall–Kier alpha value is -2.42. The summed E-state index contributed by atoms with van der Waals surface area (Å²) in [5.74, 6) is -0.695. The van der Waals surface area contributed by atoms with Gasteiger partial charge in [-0.3, -0.25) is 5.14 Å². The Balaban J connectivity index is 1.88. The van der Waals surface area contributed by atoms with Gasteiger partial charge in [-0.1, -0.05) is 35.5 Å². The molecule has 8 heteroatoms. The predicted molar refractivity (Wildman–Crippen MR) is 129 cm³/mol. The molecule has 32 heavy (non-hydrogen) atoms. The molecule has 1 unspecified atom stereocenters. The van der Waals surface area contributed by atoms with E-state index in [4.69, 9.17) is 9.66 Å². The molecular weight excluding hydrogens is 493 g/mol. The summed E-state index contributed by atoms with van der Waals surface area (Å²) in [5, 5.41) is 10.8. The third-order valence-corrected chi connectivity index (χ3v) is 7.30. The largest absolute Gasteiger partial charge is 0.356 e. The second-order valence-electron chi connectivity index (χ2n) is 8.34. The van der Waals surface area contributed by atoms with Crippen LogP contribution in [0.25, 0.3) is 22.2 Å². The zero-order valence-corrected chi connectivity index (χ0v) is 20.1. The number of rotatable bonds is 7. The molecule has 0 aliphatic carbocycles. The van der Waals surface area contributed by atoms with Crippen molar-refractivity contribution in [2.24, 2.45) is 5.14 Å². The molecule has 0 aliphatic rings. The minimum absolute atomic E-state index is 0.342. The summed E-state index contributed by atoms with van der Waals surface area (Å²) in [7, 11) is -1.59. The summed E-state index contributed by atoms with van der Waals surface area (Å²) in [6.45, 7) is 3.66. The number of halogens is 2. The number of nitrogens with two attached hydrogens (primary N) is 1. The van der Waals surface area contributed by atoms with E-state index in [9.17, 15) is 4.21 Å². The monoisotopic (exact) mass is 515 g/mol. The summed E-state index contributed by atoms with van der Waals surface area (Å²) in [5.41, 5.74) is 3.14. The predicted octanol–water partition coefficient (Wildman–Crippen LogP) is 5.91. The number of para-hydroxylation sites is 1. The van der Waals surface area contributed by atoms with E-state index in [1.54, 1.807) is 6.07 Å². The Bertz CT molecular complexity index is 1290. The van der Waals surface area contributed by atoms with Crippen LogP contribution >= 0.6 is 15.9 Å². The van der Waals surface area contributed by atoms with E-state index in [-0.39, 0.29) is 11.7 Å². The summed E-state index contributed by atoms with van der Waals surface area (Å²) in [4.78, 5) is 4.54. The molecule has 2 N–H and O–H groups in total. The third kappa shape index (κ3) is 4.67. The number of benzene rings is 2. The van der Waals surface area contributed by atoms with Gasteiger partial charge in [-0.15, -0.1) is 0 Å². The van der Waals surface area contributed by atoms with Crippen molar-refractivity contribution in [2.45, 2.75) is 37.4 Å². The second-order valence-corrected chi connectivity index (χ2v) is 10.9. The maximum atomic E-state index is 15.5. The lowest BCUT2D eigenvalue weighted by atomic mass is 9.82. The molecule has 2 atom stereocenters. The van der Waals surface area contributed by atoms with Gasteiger partial charge in [-0.25, -0.2) is 13.6 Å². The fourth-order valence-electron chi connectivity index (χ4n) is 4.01. The van der Waals surface area contributed by atoms with Gasteiger partial charge in [0, 0.05) is 22.2 Å². The lowest BCUT2D eigenvalue weighted by Gasteiger charge is -2.29. The van der Waals surface area contributed by atoms with Gasteiger partial charge < -0.3 is 4.52 Å². The van der Waals surface area contributed by atoms with Crippen LogP contribution < -0.4 is 5.14 Å². The fourth-order valence-corrected chi connectivity index (χ4v) is 4.75. The van der Waals surface area contributed by atoms with Gasteiger partial charge in [0.15, 0.2) is 5.58 Å². The number of hydrogen-bond acceptors (Lipinski definition) is 4. The van der Waals surface area contributed by atoms with Gasteiger partial charge >= 0.3 is 0 Å². The van der Waals surface area contributed by atoms with E-state index in [0.29, 0.717) is 39.8 Å². The number of fused-ring (bicyclic) bond motifs is 1. The Morgan fingerprint density at radius 3 is 2.62 bits per heavy atom. The molecule has 4 aromatic rings. The highest BCUT2D eigenvalue weighted by Crippen LogP contribution is 2.40. The van der Waals surface area contributed by atoms with Crippen molar-refractivity contribution in [2.75, 3.05) is 0 Å². The number of nitrogens with zero attached hydrogens (tertiary/aromatic N) is 2. The Kier molecular flexibility index (Phi) is 6.55. The first-order valence-corrected chi connectivity index (χ1v) is 12.2. The smallest absolute Gasteiger partial charge is 0.167 e. The van der Waals surface area contributed by atoms with E-state index >= 15 is 4.39 Å². The van der Waals surface area contributed by atoms with Crippen LogP contribution in [0.4, 0.5) is 4.39 Å². The van der Waals surface area contributed by atoms with Crippen LogP contribution in [0, 0.1) is 5.82 Å². The highest BCUT2D eigenvalue weighted by molar-refractivity contribution is 9.10. The molecule has 0 bridgehead atoms. The lowest BCUT2D eigenvalue weighted by molar-refractivity contribution is 0.458. The average Bonchev–Trinajstić information content (AvgIpc) is 3.17. The first-order valence-electron chi connectivity index (χ1n) is 10.2. The Labute approximate surface area is 196 Å². The van der Waals surface area contributed by atoms with Crippen molar-refractivity contribution in [3.63, 3.8) is 0 Å². The van der Waals surface area contributed by atoms with Crippen LogP contribution in [-0.4, -0.2) is 19.1 Å². The first kappa shape index (κ1) is 22.8. The molecule has 0 saturated carbocycles. The highest BCUT2D eigenvalue weighted by Gasteiger charge is 2.32. The van der Waals surface area contributed by atoms with Gasteiger partial charge in [0.1, 0.15) is 16.1 Å². The zero-order valence-electron chi connectivity index (χ0n) is 17.7. The van der Waals surface area contributed by atoms with Gasteiger partial charge in [0.25, 0.3) is 0 Å². The summed E-state index contributed by atoms with van der Waals surface area (Å²) in [6, 6.07) is 18.1. The maximum Gasteiger partial charge on any atom is 0.167 e. The highest BCUT2D eigenvalue weighted by atomic mass is 79.9. The molecule has 0 fully saturated rings. The molecule has 5 nitrogen and oxygen atoms in total. The van der Waals surface area contributed by atoms with Crippen LogP contribution in [0.1, 0.15) is 37.4 Å². The summed E-state index contributed by atoms with van der Waals surface area (Å²) < 4.78 is 33.2. The van der Waals surface area contributed by atoms with Crippen LogP contribution in [-0.2, 0) is 17.4 Å². The van der Waals surface area contributed by atoms with E-state index in [2.05, 4.69) is 26.1 Å². The first-order chi connectivity index (χ1) is 15.3. The Morgan fingerprint density at radius 2 is 1.88 bits per heavy atom. The van der Waals surface area contributed by atoms with Crippen molar-refractivity contribution in [3.05, 3.63) is 82.3 Å². The van der Waals surface area contributed by atoms with Crippen LogP contribution in [0.5, 0.6) is 0 Å².